The lowest BCUT2D eigenvalue weighted by Gasteiger charge is -2.13. The molecule has 0 heterocycles. The molecule has 4 nitrogen and oxygen atoms in total. The van der Waals surface area contributed by atoms with Crippen LogP contribution in [0.5, 0.6) is 0 Å². The quantitative estimate of drug-likeness (QED) is 0.911. The first-order chi connectivity index (χ1) is 8.27. The predicted molar refractivity (Wildman–Crippen MR) is 68.7 cm³/mol. The molecule has 0 saturated heterocycles. The number of nitrogens with one attached hydrogen (secondary N) is 1. The van der Waals surface area contributed by atoms with Gasteiger partial charge in [0.25, 0.3) is 0 Å². The summed E-state index contributed by atoms with van der Waals surface area (Å²) in [6, 6.07) is 3.96. The Kier molecular flexibility index (Phi) is 4.45. The molecule has 0 saturated carbocycles. The number of hydrogen-bond donors (Lipinski definition) is 1. The molecule has 0 aliphatic rings. The Morgan fingerprint density at radius 1 is 1.44 bits per heavy atom. The second kappa shape index (κ2) is 5.48. The van der Waals surface area contributed by atoms with E-state index >= 15 is 0 Å². The van der Waals surface area contributed by atoms with Gasteiger partial charge in [0.2, 0.25) is 5.91 Å². The smallest absolute Gasteiger partial charge is 0.242 e. The summed E-state index contributed by atoms with van der Waals surface area (Å²) in [4.78, 5) is 11.8. The van der Waals surface area contributed by atoms with E-state index in [-0.39, 0.29) is 11.4 Å². The zero-order valence-corrected chi connectivity index (χ0v) is 11.3. The van der Waals surface area contributed by atoms with Gasteiger partial charge < -0.3 is 5.32 Å². The molecular weight excluding hydrogens is 257 g/mol. The number of anilines is 1. The Hall–Kier alpha value is -1.43. The van der Waals surface area contributed by atoms with Gasteiger partial charge in [-0.2, -0.15) is 0 Å². The number of aryl methyl sites for hydroxylation is 1. The van der Waals surface area contributed by atoms with Gasteiger partial charge in [-0.25, -0.2) is 12.8 Å². The fourth-order valence-corrected chi connectivity index (χ4v) is 2.26. The normalized spacial score (nSPS) is 13.1. The van der Waals surface area contributed by atoms with Gasteiger partial charge in [-0.3, -0.25) is 4.79 Å². The minimum Gasteiger partial charge on any atom is -0.325 e. The van der Waals surface area contributed by atoms with Crippen molar-refractivity contribution >= 4 is 21.4 Å². The molecule has 0 radical (unpaired) electrons. The molecule has 18 heavy (non-hydrogen) atoms. The van der Waals surface area contributed by atoms with Crippen molar-refractivity contribution in [2.24, 2.45) is 0 Å². The second-order valence-electron chi connectivity index (χ2n) is 4.04. The highest BCUT2D eigenvalue weighted by molar-refractivity contribution is 7.92. The second-order valence-corrected chi connectivity index (χ2v) is 6.65. The Labute approximate surface area is 106 Å². The first-order valence-electron chi connectivity index (χ1n) is 5.56. The summed E-state index contributed by atoms with van der Waals surface area (Å²) < 4.78 is 36.1. The molecule has 1 aromatic rings. The number of carbonyl (C=O) groups is 1. The summed E-state index contributed by atoms with van der Waals surface area (Å²) in [5, 5.41) is 1.29. The number of carbonyl (C=O) groups excluding carboxylic acids is 1. The Morgan fingerprint density at radius 3 is 2.61 bits per heavy atom. The molecule has 100 valence electrons. The maximum atomic E-state index is 13.0. The average molecular weight is 273 g/mol. The molecule has 1 amide bonds. The number of sulfone groups is 1. The SMILES string of the molecule is CCS(=O)(=O)[C@H](C)C(=O)Nc1cc(F)ccc1C. The number of hydrogen-bond acceptors (Lipinski definition) is 3. The lowest BCUT2D eigenvalue weighted by Crippen LogP contribution is -2.33. The van der Waals surface area contributed by atoms with Crippen LogP contribution in [0.15, 0.2) is 18.2 Å². The lowest BCUT2D eigenvalue weighted by molar-refractivity contribution is -0.115. The van der Waals surface area contributed by atoms with Crippen LogP contribution in [0.2, 0.25) is 0 Å². The average Bonchev–Trinajstić information content (AvgIpc) is 2.32. The van der Waals surface area contributed by atoms with Crippen molar-refractivity contribution in [3.63, 3.8) is 0 Å². The van der Waals surface area contributed by atoms with Crippen LogP contribution in [0.25, 0.3) is 0 Å². The Morgan fingerprint density at radius 2 is 2.06 bits per heavy atom. The molecule has 0 unspecified atom stereocenters. The van der Waals surface area contributed by atoms with E-state index < -0.39 is 26.8 Å². The van der Waals surface area contributed by atoms with Gasteiger partial charge >= 0.3 is 0 Å². The highest BCUT2D eigenvalue weighted by atomic mass is 32.2. The topological polar surface area (TPSA) is 63.2 Å². The number of halogens is 1. The highest BCUT2D eigenvalue weighted by Gasteiger charge is 2.26. The molecule has 0 aromatic heterocycles. The molecule has 0 aliphatic heterocycles. The van der Waals surface area contributed by atoms with Gasteiger partial charge in [0, 0.05) is 11.4 Å². The summed E-state index contributed by atoms with van der Waals surface area (Å²) in [5.41, 5.74) is 0.962. The van der Waals surface area contributed by atoms with E-state index in [0.717, 1.165) is 0 Å². The summed E-state index contributed by atoms with van der Waals surface area (Å²) in [6.45, 7) is 4.50. The van der Waals surface area contributed by atoms with Crippen LogP contribution < -0.4 is 5.32 Å². The fraction of sp³-hybridized carbons (Fsp3) is 0.417. The lowest BCUT2D eigenvalue weighted by atomic mass is 10.2. The van der Waals surface area contributed by atoms with Crippen LogP contribution in [0.4, 0.5) is 10.1 Å². The van der Waals surface area contributed by atoms with Crippen molar-refractivity contribution in [1.29, 1.82) is 0 Å². The maximum absolute atomic E-state index is 13.0. The molecular formula is C12H16FNO3S. The third-order valence-electron chi connectivity index (χ3n) is 2.77. The van der Waals surface area contributed by atoms with E-state index in [0.29, 0.717) is 5.56 Å². The van der Waals surface area contributed by atoms with E-state index in [2.05, 4.69) is 5.32 Å². The molecule has 1 N–H and O–H groups in total. The molecule has 1 aromatic carbocycles. The minimum atomic E-state index is -3.45. The molecule has 0 fully saturated rings. The van der Waals surface area contributed by atoms with Crippen LogP contribution in [-0.2, 0) is 14.6 Å². The van der Waals surface area contributed by atoms with Gasteiger partial charge in [-0.15, -0.1) is 0 Å². The van der Waals surface area contributed by atoms with Crippen molar-refractivity contribution in [3.05, 3.63) is 29.6 Å². The van der Waals surface area contributed by atoms with Gasteiger partial charge in [-0.1, -0.05) is 13.0 Å². The number of benzene rings is 1. The zero-order valence-electron chi connectivity index (χ0n) is 10.5. The minimum absolute atomic E-state index is 0.107. The van der Waals surface area contributed by atoms with Crippen molar-refractivity contribution in [2.75, 3.05) is 11.1 Å². The van der Waals surface area contributed by atoms with Crippen LogP contribution in [-0.4, -0.2) is 25.3 Å². The molecule has 1 atom stereocenters. The largest absolute Gasteiger partial charge is 0.325 e. The summed E-state index contributed by atoms with van der Waals surface area (Å²) in [7, 11) is -3.45. The molecule has 0 spiro atoms. The van der Waals surface area contributed by atoms with Crippen LogP contribution >= 0.6 is 0 Å². The van der Waals surface area contributed by atoms with Crippen molar-refractivity contribution in [3.8, 4) is 0 Å². The number of rotatable bonds is 4. The van der Waals surface area contributed by atoms with Crippen molar-refractivity contribution in [1.82, 2.24) is 0 Å². The summed E-state index contributed by atoms with van der Waals surface area (Å²) in [6.07, 6.45) is 0. The van der Waals surface area contributed by atoms with E-state index in [1.54, 1.807) is 6.92 Å². The van der Waals surface area contributed by atoms with Gasteiger partial charge in [-0.05, 0) is 31.5 Å². The maximum Gasteiger partial charge on any atom is 0.242 e. The van der Waals surface area contributed by atoms with E-state index in [1.165, 1.54) is 32.0 Å². The monoisotopic (exact) mass is 273 g/mol. The van der Waals surface area contributed by atoms with E-state index in [4.69, 9.17) is 0 Å². The summed E-state index contributed by atoms with van der Waals surface area (Å²) >= 11 is 0. The first-order valence-corrected chi connectivity index (χ1v) is 7.28. The van der Waals surface area contributed by atoms with Crippen LogP contribution in [0.3, 0.4) is 0 Å². The zero-order chi connectivity index (χ0) is 13.9. The third kappa shape index (κ3) is 3.29. The van der Waals surface area contributed by atoms with E-state index in [9.17, 15) is 17.6 Å². The molecule has 1 rings (SSSR count). The molecule has 6 heteroatoms. The number of amides is 1. The first kappa shape index (κ1) is 14.6. The predicted octanol–water partition coefficient (Wildman–Crippen LogP) is 1.90. The highest BCUT2D eigenvalue weighted by Crippen LogP contribution is 2.17. The van der Waals surface area contributed by atoms with Gasteiger partial charge in [0.15, 0.2) is 9.84 Å². The Balaban J connectivity index is 2.92. The van der Waals surface area contributed by atoms with Crippen LogP contribution in [0.1, 0.15) is 19.4 Å². The van der Waals surface area contributed by atoms with E-state index in [1.807, 2.05) is 0 Å². The fourth-order valence-electron chi connectivity index (χ4n) is 1.38. The summed E-state index contributed by atoms with van der Waals surface area (Å²) in [5.74, 6) is -1.24. The molecule has 0 bridgehead atoms. The van der Waals surface area contributed by atoms with Crippen molar-refractivity contribution < 1.29 is 17.6 Å². The Bertz CT molecular complexity index is 554. The van der Waals surface area contributed by atoms with Gasteiger partial charge in [0.1, 0.15) is 11.1 Å². The van der Waals surface area contributed by atoms with Crippen LogP contribution in [0, 0.1) is 12.7 Å². The molecule has 0 aliphatic carbocycles. The standard InChI is InChI=1S/C12H16FNO3S/c1-4-18(16,17)9(3)12(15)14-11-7-10(13)6-5-8(11)2/h5-7,9H,4H2,1-3H3,(H,14,15)/t9-/m1/s1. The van der Waals surface area contributed by atoms with Crippen molar-refractivity contribution in [2.45, 2.75) is 26.0 Å². The van der Waals surface area contributed by atoms with Gasteiger partial charge in [0.05, 0.1) is 0 Å². The third-order valence-corrected chi connectivity index (χ3v) is 4.86.